The second-order valence-electron chi connectivity index (χ2n) is 6.03. The van der Waals surface area contributed by atoms with E-state index in [1.165, 1.54) is 24.3 Å². The van der Waals surface area contributed by atoms with Gasteiger partial charge in [0, 0.05) is 29.5 Å². The average Bonchev–Trinajstić information content (AvgIpc) is 2.51. The van der Waals surface area contributed by atoms with E-state index in [9.17, 15) is 20.2 Å². The van der Waals surface area contributed by atoms with Gasteiger partial charge < -0.3 is 10.4 Å². The van der Waals surface area contributed by atoms with Crippen LogP contribution in [0.4, 0.5) is 11.5 Å². The number of nitro benzene ring substituents is 1. The molecule has 24 heavy (non-hydrogen) atoms. The third kappa shape index (κ3) is 3.95. The minimum atomic E-state index is -0.888. The lowest BCUT2D eigenvalue weighted by Crippen LogP contribution is -2.32. The van der Waals surface area contributed by atoms with Crippen LogP contribution >= 0.6 is 0 Å². The van der Waals surface area contributed by atoms with Gasteiger partial charge in [-0.05, 0) is 32.4 Å². The van der Waals surface area contributed by atoms with Gasteiger partial charge in [-0.15, -0.1) is 0 Å². The number of nitro groups is 1. The monoisotopic (exact) mass is 328 g/mol. The minimum absolute atomic E-state index is 0.00484. The Balaban J connectivity index is 2.39. The molecule has 1 aromatic heterocycles. The topological polar surface area (TPSA) is 129 Å². The Morgan fingerprint density at radius 3 is 2.75 bits per heavy atom. The number of aliphatic carboxylic acids is 1. The molecule has 1 heterocycles. The first-order chi connectivity index (χ1) is 11.2. The normalized spacial score (nSPS) is 11.0. The first-order valence-corrected chi connectivity index (χ1v) is 7.21. The maximum Gasteiger partial charge on any atom is 0.303 e. The van der Waals surface area contributed by atoms with Gasteiger partial charge in [0.25, 0.3) is 5.69 Å². The fourth-order valence-electron chi connectivity index (χ4n) is 2.31. The van der Waals surface area contributed by atoms with E-state index in [0.717, 1.165) is 0 Å². The van der Waals surface area contributed by atoms with Crippen molar-refractivity contribution in [2.75, 3.05) is 5.32 Å². The molecule has 0 aliphatic rings. The molecule has 8 heteroatoms. The van der Waals surface area contributed by atoms with Crippen LogP contribution in [0.5, 0.6) is 0 Å². The van der Waals surface area contributed by atoms with Crippen LogP contribution in [-0.2, 0) is 4.79 Å². The minimum Gasteiger partial charge on any atom is -0.481 e. The van der Waals surface area contributed by atoms with E-state index in [2.05, 4.69) is 10.3 Å². The van der Waals surface area contributed by atoms with E-state index >= 15 is 0 Å². The predicted molar refractivity (Wildman–Crippen MR) is 87.7 cm³/mol. The summed E-state index contributed by atoms with van der Waals surface area (Å²) in [5.41, 5.74) is 0.0757. The number of benzene rings is 1. The Morgan fingerprint density at radius 1 is 1.46 bits per heavy atom. The number of non-ortho nitro benzene ring substituents is 1. The van der Waals surface area contributed by atoms with Crippen LogP contribution in [0, 0.1) is 21.4 Å². The first-order valence-electron chi connectivity index (χ1n) is 7.21. The fraction of sp³-hybridized carbons (Fsp3) is 0.312. The first kappa shape index (κ1) is 17.1. The summed E-state index contributed by atoms with van der Waals surface area (Å²) in [6.07, 6.45) is 0.384. The number of rotatable bonds is 6. The van der Waals surface area contributed by atoms with Gasteiger partial charge in [0.2, 0.25) is 0 Å². The van der Waals surface area contributed by atoms with Crippen LogP contribution in [0.3, 0.4) is 0 Å². The second-order valence-corrected chi connectivity index (χ2v) is 6.03. The van der Waals surface area contributed by atoms with E-state index in [4.69, 9.17) is 5.11 Å². The molecule has 2 rings (SSSR count). The van der Waals surface area contributed by atoms with Gasteiger partial charge in [0.1, 0.15) is 5.82 Å². The van der Waals surface area contributed by atoms with Gasteiger partial charge >= 0.3 is 5.97 Å². The standard InChI is InChI=1S/C16H16N4O4/c1-16(2,6-5-15(21)22)19-14-7-10(9-17)12-8-11(20(23)24)3-4-13(12)18-14/h3-4,7-8H,5-6H2,1-2H3,(H,18,19)(H,21,22). The summed E-state index contributed by atoms with van der Waals surface area (Å²) in [4.78, 5) is 25.4. The zero-order chi connectivity index (χ0) is 17.9. The number of hydrogen-bond donors (Lipinski definition) is 2. The number of nitrogens with zero attached hydrogens (tertiary/aromatic N) is 3. The molecule has 0 saturated carbocycles. The molecule has 0 bridgehead atoms. The molecule has 0 saturated heterocycles. The van der Waals surface area contributed by atoms with Gasteiger partial charge in [0.05, 0.1) is 22.1 Å². The zero-order valence-corrected chi connectivity index (χ0v) is 13.2. The summed E-state index contributed by atoms with van der Waals surface area (Å²) in [5, 5.41) is 32.5. The van der Waals surface area contributed by atoms with Crippen molar-refractivity contribution in [2.24, 2.45) is 0 Å². The van der Waals surface area contributed by atoms with Crippen molar-refractivity contribution in [1.29, 1.82) is 5.26 Å². The SMILES string of the molecule is CC(C)(CCC(=O)O)Nc1cc(C#N)c2cc([N+](=O)[O-])ccc2n1. The molecule has 0 spiro atoms. The largest absolute Gasteiger partial charge is 0.481 e. The van der Waals surface area contributed by atoms with Crippen molar-refractivity contribution in [3.63, 3.8) is 0 Å². The van der Waals surface area contributed by atoms with E-state index < -0.39 is 16.4 Å². The lowest BCUT2D eigenvalue weighted by atomic mass is 9.98. The quantitative estimate of drug-likeness (QED) is 0.615. The lowest BCUT2D eigenvalue weighted by Gasteiger charge is -2.26. The number of fused-ring (bicyclic) bond motifs is 1. The molecule has 124 valence electrons. The highest BCUT2D eigenvalue weighted by molar-refractivity contribution is 5.88. The van der Waals surface area contributed by atoms with Crippen molar-refractivity contribution in [1.82, 2.24) is 4.98 Å². The summed E-state index contributed by atoms with van der Waals surface area (Å²) in [6, 6.07) is 7.66. The number of nitriles is 1. The van der Waals surface area contributed by atoms with Crippen molar-refractivity contribution in [2.45, 2.75) is 32.2 Å². The molecular formula is C16H16N4O4. The van der Waals surface area contributed by atoms with Crippen LogP contribution in [0.25, 0.3) is 10.9 Å². The number of nitrogens with one attached hydrogen (secondary N) is 1. The fourth-order valence-corrected chi connectivity index (χ4v) is 2.31. The van der Waals surface area contributed by atoms with Crippen molar-refractivity contribution < 1.29 is 14.8 Å². The van der Waals surface area contributed by atoms with Crippen LogP contribution in [0.15, 0.2) is 24.3 Å². The third-order valence-electron chi connectivity index (χ3n) is 3.55. The molecule has 0 amide bonds. The van der Waals surface area contributed by atoms with Crippen LogP contribution in [0.1, 0.15) is 32.3 Å². The zero-order valence-electron chi connectivity index (χ0n) is 13.2. The van der Waals surface area contributed by atoms with Crippen LogP contribution in [0.2, 0.25) is 0 Å². The van der Waals surface area contributed by atoms with E-state index in [-0.39, 0.29) is 17.7 Å². The predicted octanol–water partition coefficient (Wildman–Crippen LogP) is 3.07. The molecule has 0 radical (unpaired) electrons. The Hall–Kier alpha value is -3.21. The Bertz CT molecular complexity index is 855. The molecule has 2 aromatic rings. The summed E-state index contributed by atoms with van der Waals surface area (Å²) >= 11 is 0. The summed E-state index contributed by atoms with van der Waals surface area (Å²) < 4.78 is 0. The van der Waals surface area contributed by atoms with Gasteiger partial charge in [-0.3, -0.25) is 14.9 Å². The molecule has 0 aliphatic carbocycles. The Labute approximate surface area is 137 Å². The number of carboxylic acids is 1. The van der Waals surface area contributed by atoms with E-state index in [0.29, 0.717) is 23.1 Å². The molecule has 8 nitrogen and oxygen atoms in total. The molecule has 0 unspecified atom stereocenters. The molecule has 1 aromatic carbocycles. The molecule has 0 fully saturated rings. The molecule has 2 N–H and O–H groups in total. The average molecular weight is 328 g/mol. The lowest BCUT2D eigenvalue weighted by molar-refractivity contribution is -0.384. The highest BCUT2D eigenvalue weighted by atomic mass is 16.6. The summed E-state index contributed by atoms with van der Waals surface area (Å²) in [7, 11) is 0. The highest BCUT2D eigenvalue weighted by Gasteiger charge is 2.20. The van der Waals surface area contributed by atoms with Crippen molar-refractivity contribution >= 4 is 28.4 Å². The van der Waals surface area contributed by atoms with E-state index in [1.807, 2.05) is 19.9 Å². The maximum absolute atomic E-state index is 10.9. The number of carboxylic acid groups (broad SMARTS) is 1. The third-order valence-corrected chi connectivity index (χ3v) is 3.55. The van der Waals surface area contributed by atoms with Crippen LogP contribution in [-0.4, -0.2) is 26.5 Å². The molecule has 0 aliphatic heterocycles. The smallest absolute Gasteiger partial charge is 0.303 e. The van der Waals surface area contributed by atoms with Gasteiger partial charge in [0.15, 0.2) is 0 Å². The Kier molecular flexibility index (Phi) is 4.64. The second kappa shape index (κ2) is 6.50. The number of carbonyl (C=O) groups is 1. The van der Waals surface area contributed by atoms with Crippen molar-refractivity contribution in [3.05, 3.63) is 39.9 Å². The van der Waals surface area contributed by atoms with E-state index in [1.54, 1.807) is 0 Å². The molecular weight excluding hydrogens is 312 g/mol. The Morgan fingerprint density at radius 2 is 2.17 bits per heavy atom. The van der Waals surface area contributed by atoms with Gasteiger partial charge in [-0.1, -0.05) is 0 Å². The highest BCUT2D eigenvalue weighted by Crippen LogP contribution is 2.27. The maximum atomic E-state index is 10.9. The number of pyridine rings is 1. The number of aromatic nitrogens is 1. The summed E-state index contributed by atoms with van der Waals surface area (Å²) in [6.45, 7) is 3.67. The van der Waals surface area contributed by atoms with Crippen LogP contribution < -0.4 is 5.32 Å². The van der Waals surface area contributed by atoms with Gasteiger partial charge in [-0.25, -0.2) is 4.98 Å². The number of hydrogen-bond acceptors (Lipinski definition) is 6. The molecule has 0 atom stereocenters. The number of anilines is 1. The van der Waals surface area contributed by atoms with Crippen molar-refractivity contribution in [3.8, 4) is 6.07 Å². The summed E-state index contributed by atoms with van der Waals surface area (Å²) in [5.74, 6) is -0.468. The van der Waals surface area contributed by atoms with Gasteiger partial charge in [-0.2, -0.15) is 5.26 Å².